The topological polar surface area (TPSA) is 188 Å². The molecule has 0 unspecified atom stereocenters. The normalized spacial score (nSPS) is 37.8. The van der Waals surface area contributed by atoms with Crippen LogP contribution >= 0.6 is 0 Å². The van der Waals surface area contributed by atoms with E-state index in [2.05, 4.69) is 10.4 Å². The Balaban J connectivity index is 1.74. The molecule has 2 saturated heterocycles. The van der Waals surface area contributed by atoms with Crippen molar-refractivity contribution in [1.29, 1.82) is 0 Å². The van der Waals surface area contributed by atoms with Gasteiger partial charge in [0.15, 0.2) is 18.2 Å². The maximum absolute atomic E-state index is 14.1. The van der Waals surface area contributed by atoms with Gasteiger partial charge in [-0.25, -0.2) is 4.79 Å². The van der Waals surface area contributed by atoms with Crippen molar-refractivity contribution in [2.45, 2.75) is 148 Å². The molecule has 15 nitrogen and oxygen atoms in total. The lowest BCUT2D eigenvalue weighted by Gasteiger charge is -2.48. The summed E-state index contributed by atoms with van der Waals surface area (Å²) in [7, 11) is 5.17. The Hall–Kier alpha value is -3.31. The van der Waals surface area contributed by atoms with Crippen molar-refractivity contribution in [1.82, 2.24) is 20.0 Å². The van der Waals surface area contributed by atoms with Crippen LogP contribution in [0.2, 0.25) is 0 Å². The molecule has 0 saturated carbocycles. The minimum atomic E-state index is -1.80. The highest BCUT2D eigenvalue weighted by atomic mass is 16.7. The Morgan fingerprint density at radius 2 is 1.73 bits per heavy atom. The lowest BCUT2D eigenvalue weighted by Crippen LogP contribution is -2.62. The summed E-state index contributed by atoms with van der Waals surface area (Å²) in [6, 6.07) is 9.43. The Kier molecular flexibility index (Phi) is 15.0. The highest BCUT2D eigenvalue weighted by Crippen LogP contribution is 2.37. The van der Waals surface area contributed by atoms with E-state index in [-0.39, 0.29) is 24.8 Å². The maximum atomic E-state index is 14.1. The summed E-state index contributed by atoms with van der Waals surface area (Å²) >= 11 is 0. The highest BCUT2D eigenvalue weighted by molar-refractivity contribution is 5.90. The second-order valence-corrected chi connectivity index (χ2v) is 16.8. The van der Waals surface area contributed by atoms with Crippen LogP contribution in [0.5, 0.6) is 5.75 Å². The summed E-state index contributed by atoms with van der Waals surface area (Å²) in [5, 5.41) is 54.7. The molecule has 2 amide bonds. The molecule has 316 valence electrons. The van der Waals surface area contributed by atoms with Crippen molar-refractivity contribution < 1.29 is 49.0 Å². The number of ether oxygens (including phenoxy) is 4. The first-order valence-electron chi connectivity index (χ1n) is 19.9. The Labute approximate surface area is 332 Å². The van der Waals surface area contributed by atoms with Crippen LogP contribution in [0.25, 0.3) is 0 Å². The summed E-state index contributed by atoms with van der Waals surface area (Å²) in [5.41, 5.74) is -2.52. The number of likely N-dealkylation sites (N-methyl/N-ethyl adjacent to an activating group) is 1. The highest BCUT2D eigenvalue weighted by Gasteiger charge is 2.51. The van der Waals surface area contributed by atoms with E-state index in [0.717, 1.165) is 5.69 Å². The van der Waals surface area contributed by atoms with E-state index < -0.39 is 84.0 Å². The molecular formula is C41H67N5O10. The Bertz CT molecular complexity index is 1570. The van der Waals surface area contributed by atoms with Gasteiger partial charge in [-0.05, 0) is 85.4 Å². The van der Waals surface area contributed by atoms with E-state index in [1.54, 1.807) is 63.5 Å². The standard InChI is InChI=1S/C41H67N5O10/c1-13-31-41(9,52)35(48)28(7)42-22-23(2)21-40(8,51)36(26(5)33(47)27(6)37(49)55-31)56-38-34(54-29-17-15-14-16-18-29)30(20-25(4)53-38)44(10)39(50)45(11)32-19-24(3)46(12)43-32/h14-19,23,25-28,30-31,33-36,38,42,47-48,51-52H,13,20-22H2,1-12H3/t23-,25-,26+,27-,28-,30+,31-,33+,34-,35-,36-,38+,40-,41-/m1/s1. The van der Waals surface area contributed by atoms with E-state index in [9.17, 15) is 30.0 Å². The van der Waals surface area contributed by atoms with Crippen molar-refractivity contribution in [2.24, 2.45) is 24.8 Å². The third kappa shape index (κ3) is 10.2. The molecule has 2 aliphatic rings. The van der Waals surface area contributed by atoms with Crippen LogP contribution in [0.4, 0.5) is 10.6 Å². The van der Waals surface area contributed by atoms with Crippen molar-refractivity contribution >= 4 is 17.8 Å². The van der Waals surface area contributed by atoms with Gasteiger partial charge in [0.1, 0.15) is 23.6 Å². The molecule has 1 aromatic heterocycles. The van der Waals surface area contributed by atoms with Gasteiger partial charge >= 0.3 is 12.0 Å². The van der Waals surface area contributed by atoms with Crippen LogP contribution < -0.4 is 15.0 Å². The first kappa shape index (κ1) is 45.4. The molecule has 5 N–H and O–H groups in total. The lowest BCUT2D eigenvalue weighted by atomic mass is 9.78. The molecule has 56 heavy (non-hydrogen) atoms. The number of aromatic nitrogens is 2. The molecule has 4 rings (SSSR count). The predicted molar refractivity (Wildman–Crippen MR) is 211 cm³/mol. The number of cyclic esters (lactones) is 1. The molecule has 2 aliphatic heterocycles. The first-order valence-corrected chi connectivity index (χ1v) is 19.9. The summed E-state index contributed by atoms with van der Waals surface area (Å²) in [4.78, 5) is 30.8. The number of hydrogen-bond acceptors (Lipinski definition) is 12. The van der Waals surface area contributed by atoms with Crippen LogP contribution in [0, 0.1) is 24.7 Å². The van der Waals surface area contributed by atoms with Gasteiger partial charge in [0.25, 0.3) is 0 Å². The molecular weight excluding hydrogens is 722 g/mol. The number of aliphatic hydroxyl groups excluding tert-OH is 2. The number of carbonyl (C=O) groups excluding carboxylic acids is 2. The molecule has 15 heteroatoms. The second-order valence-electron chi connectivity index (χ2n) is 16.8. The Morgan fingerprint density at radius 1 is 1.09 bits per heavy atom. The second kappa shape index (κ2) is 18.5. The summed E-state index contributed by atoms with van der Waals surface area (Å²) < 4.78 is 27.5. The number of nitrogens with one attached hydrogen (secondary N) is 1. The van der Waals surface area contributed by atoms with E-state index in [1.165, 1.54) is 18.7 Å². The van der Waals surface area contributed by atoms with Gasteiger partial charge in [-0.15, -0.1) is 0 Å². The van der Waals surface area contributed by atoms with Crippen LogP contribution in [0.1, 0.15) is 80.3 Å². The van der Waals surface area contributed by atoms with E-state index in [4.69, 9.17) is 18.9 Å². The fourth-order valence-corrected chi connectivity index (χ4v) is 8.19. The largest absolute Gasteiger partial charge is 0.483 e. The van der Waals surface area contributed by atoms with Gasteiger partial charge in [-0.1, -0.05) is 39.0 Å². The number of aryl methyl sites for hydroxylation is 2. The smallest absolute Gasteiger partial charge is 0.325 e. The van der Waals surface area contributed by atoms with E-state index in [1.807, 2.05) is 52.1 Å². The third-order valence-corrected chi connectivity index (χ3v) is 11.8. The van der Waals surface area contributed by atoms with Crippen molar-refractivity contribution in [3.05, 3.63) is 42.1 Å². The minimum absolute atomic E-state index is 0.180. The lowest BCUT2D eigenvalue weighted by molar-refractivity contribution is -0.293. The SMILES string of the molecule is CC[C@H]1OC(=O)[C@H](C)[C@@H](O)[C@H](C)[C@@H](O[C@@H]2O[C@H](C)C[C@H](N(C)C(=O)N(C)c3cc(C)n(C)n3)[C@H]2Oc2ccccc2)[C@](C)(O)C[C@@H](C)CN[C@H](C)[C@@H](O)[C@]1(C)O. The summed E-state index contributed by atoms with van der Waals surface area (Å²) in [6.45, 7) is 15.8. The van der Waals surface area contributed by atoms with Crippen LogP contribution in [-0.4, -0.2) is 134 Å². The van der Waals surface area contributed by atoms with Crippen molar-refractivity contribution in [3.8, 4) is 5.75 Å². The monoisotopic (exact) mass is 789 g/mol. The average molecular weight is 790 g/mol. The molecule has 0 bridgehead atoms. The minimum Gasteiger partial charge on any atom is -0.483 e. The number of benzene rings is 1. The van der Waals surface area contributed by atoms with Crippen LogP contribution in [0.3, 0.4) is 0 Å². The number of anilines is 1. The van der Waals surface area contributed by atoms with Crippen LogP contribution in [0.15, 0.2) is 36.4 Å². The van der Waals surface area contributed by atoms with Gasteiger partial charge in [0.05, 0.1) is 35.9 Å². The number of esters is 1. The molecule has 2 aromatic rings. The van der Waals surface area contributed by atoms with Gasteiger partial charge in [-0.3, -0.25) is 14.4 Å². The van der Waals surface area contributed by atoms with Gasteiger partial charge in [0, 0.05) is 44.9 Å². The van der Waals surface area contributed by atoms with Gasteiger partial charge < -0.3 is 49.6 Å². The number of amides is 2. The number of para-hydroxylation sites is 1. The number of rotatable bonds is 7. The molecule has 3 heterocycles. The molecule has 2 fully saturated rings. The average Bonchev–Trinajstić information content (AvgIpc) is 3.50. The number of aliphatic hydroxyl groups is 4. The van der Waals surface area contributed by atoms with Crippen molar-refractivity contribution in [2.75, 3.05) is 25.5 Å². The molecule has 0 aliphatic carbocycles. The molecule has 0 radical (unpaired) electrons. The van der Waals surface area contributed by atoms with Gasteiger partial charge in [0.2, 0.25) is 0 Å². The summed E-state index contributed by atoms with van der Waals surface area (Å²) in [6.07, 6.45) is -6.57. The zero-order valence-corrected chi connectivity index (χ0v) is 35.2. The summed E-state index contributed by atoms with van der Waals surface area (Å²) in [5.74, 6) is -1.95. The van der Waals surface area contributed by atoms with Crippen LogP contribution in [-0.2, 0) is 26.1 Å². The first-order chi connectivity index (χ1) is 26.1. The van der Waals surface area contributed by atoms with E-state index in [0.29, 0.717) is 24.5 Å². The molecule has 1 aromatic carbocycles. The fourth-order valence-electron chi connectivity index (χ4n) is 8.19. The quantitative estimate of drug-likeness (QED) is 0.258. The molecule has 14 atom stereocenters. The zero-order valence-electron chi connectivity index (χ0n) is 35.2. The predicted octanol–water partition coefficient (Wildman–Crippen LogP) is 3.39. The Morgan fingerprint density at radius 3 is 2.32 bits per heavy atom. The zero-order chi connectivity index (χ0) is 41.9. The number of nitrogens with zero attached hydrogens (tertiary/aromatic N) is 4. The third-order valence-electron chi connectivity index (χ3n) is 11.8. The number of urea groups is 1. The molecule has 0 spiro atoms. The number of hydrogen-bond donors (Lipinski definition) is 5. The fraction of sp³-hybridized carbons (Fsp3) is 0.732. The van der Waals surface area contributed by atoms with Gasteiger partial charge in [-0.2, -0.15) is 5.10 Å². The van der Waals surface area contributed by atoms with Crippen molar-refractivity contribution in [3.63, 3.8) is 0 Å². The maximum Gasteiger partial charge on any atom is 0.325 e. The number of carbonyl (C=O) groups is 2. The van der Waals surface area contributed by atoms with E-state index >= 15 is 0 Å².